The molecule has 1 amide bonds. The molecule has 0 bridgehead atoms. The number of hydrogen-bond acceptors (Lipinski definition) is 2. The van der Waals surface area contributed by atoms with Crippen LogP contribution < -0.4 is 4.90 Å². The molecule has 0 saturated carbocycles. The van der Waals surface area contributed by atoms with E-state index < -0.39 is 0 Å². The van der Waals surface area contributed by atoms with E-state index in [1.54, 1.807) is 4.90 Å². The standard InChI is InChI=1S/C26H18N2O/c29-26-24(17-19-9-3-1-4-10-19)27-25(21-12-5-2-6-13-21)28(26)23-16-15-20-11-7-8-14-22(20)18-23/h1-18H. The van der Waals surface area contributed by atoms with Crippen LogP contribution in [-0.4, -0.2) is 11.7 Å². The zero-order valence-corrected chi connectivity index (χ0v) is 15.7. The third-order valence-electron chi connectivity index (χ3n) is 4.99. The van der Waals surface area contributed by atoms with Gasteiger partial charge in [0.2, 0.25) is 0 Å². The van der Waals surface area contributed by atoms with Crippen LogP contribution in [0.3, 0.4) is 0 Å². The zero-order valence-electron chi connectivity index (χ0n) is 15.7. The van der Waals surface area contributed by atoms with E-state index in [1.807, 2.05) is 97.1 Å². The van der Waals surface area contributed by atoms with Crippen molar-refractivity contribution in [3.05, 3.63) is 120 Å². The second-order valence-electron chi connectivity index (χ2n) is 6.91. The largest absolute Gasteiger partial charge is 0.282 e. The SMILES string of the molecule is O=C1C(=Cc2ccccc2)N=C(c2ccccc2)N1c1ccc2ccccc2c1. The average Bonchev–Trinajstić information content (AvgIpc) is 3.11. The molecule has 0 atom stereocenters. The number of fused-ring (bicyclic) bond motifs is 1. The molecule has 0 saturated heterocycles. The molecule has 0 aromatic heterocycles. The molecule has 0 unspecified atom stereocenters. The summed E-state index contributed by atoms with van der Waals surface area (Å²) in [5, 5.41) is 2.23. The summed E-state index contributed by atoms with van der Waals surface area (Å²) in [5.74, 6) is 0.524. The number of rotatable bonds is 3. The van der Waals surface area contributed by atoms with Crippen molar-refractivity contribution < 1.29 is 4.79 Å². The maximum atomic E-state index is 13.4. The van der Waals surface area contributed by atoms with Crippen LogP contribution in [0.15, 0.2) is 114 Å². The van der Waals surface area contributed by atoms with Gasteiger partial charge in [-0.1, -0.05) is 91.0 Å². The molecular formula is C26H18N2O. The highest BCUT2D eigenvalue weighted by Gasteiger charge is 2.32. The molecular weight excluding hydrogens is 356 g/mol. The van der Waals surface area contributed by atoms with Crippen molar-refractivity contribution in [2.45, 2.75) is 0 Å². The molecule has 0 spiro atoms. The van der Waals surface area contributed by atoms with Gasteiger partial charge >= 0.3 is 0 Å². The highest BCUT2D eigenvalue weighted by molar-refractivity contribution is 6.33. The third-order valence-corrected chi connectivity index (χ3v) is 4.99. The lowest BCUT2D eigenvalue weighted by atomic mass is 10.1. The molecule has 0 fully saturated rings. The van der Waals surface area contributed by atoms with E-state index in [9.17, 15) is 4.79 Å². The first-order valence-electron chi connectivity index (χ1n) is 9.54. The number of aliphatic imine (C=N–C) groups is 1. The van der Waals surface area contributed by atoms with Crippen LogP contribution in [0.25, 0.3) is 16.8 Å². The predicted molar refractivity (Wildman–Crippen MR) is 119 cm³/mol. The van der Waals surface area contributed by atoms with Crippen LogP contribution in [0.1, 0.15) is 11.1 Å². The fraction of sp³-hybridized carbons (Fsp3) is 0. The molecule has 0 N–H and O–H groups in total. The maximum absolute atomic E-state index is 13.4. The predicted octanol–water partition coefficient (Wildman–Crippen LogP) is 5.67. The Morgan fingerprint density at radius 2 is 1.34 bits per heavy atom. The first-order valence-corrected chi connectivity index (χ1v) is 9.54. The second kappa shape index (κ2) is 7.21. The van der Waals surface area contributed by atoms with Crippen LogP contribution in [0.5, 0.6) is 0 Å². The molecule has 4 aromatic carbocycles. The van der Waals surface area contributed by atoms with Crippen molar-refractivity contribution >= 4 is 34.3 Å². The van der Waals surface area contributed by atoms with E-state index in [0.29, 0.717) is 11.5 Å². The number of anilines is 1. The summed E-state index contributed by atoms with van der Waals surface area (Å²) >= 11 is 0. The lowest BCUT2D eigenvalue weighted by molar-refractivity contribution is -0.113. The smallest absolute Gasteiger partial charge is 0.266 e. The molecule has 29 heavy (non-hydrogen) atoms. The van der Waals surface area contributed by atoms with E-state index in [0.717, 1.165) is 27.6 Å². The molecule has 0 aliphatic carbocycles. The lowest BCUT2D eigenvalue weighted by Gasteiger charge is -2.19. The number of carbonyl (C=O) groups is 1. The molecule has 1 heterocycles. The summed E-state index contributed by atoms with van der Waals surface area (Å²) < 4.78 is 0. The third kappa shape index (κ3) is 3.23. The normalized spacial score (nSPS) is 15.2. The van der Waals surface area contributed by atoms with Crippen LogP contribution >= 0.6 is 0 Å². The highest BCUT2D eigenvalue weighted by Crippen LogP contribution is 2.30. The second-order valence-corrected chi connectivity index (χ2v) is 6.91. The minimum atomic E-state index is -0.122. The minimum Gasteiger partial charge on any atom is -0.266 e. The van der Waals surface area contributed by atoms with Crippen molar-refractivity contribution in [1.29, 1.82) is 0 Å². The van der Waals surface area contributed by atoms with Gasteiger partial charge in [-0.15, -0.1) is 0 Å². The molecule has 5 rings (SSSR count). The molecule has 3 heteroatoms. The first-order chi connectivity index (χ1) is 14.3. The Hall–Kier alpha value is -3.98. The number of carbonyl (C=O) groups excluding carboxylic acids is 1. The Labute approximate surface area is 169 Å². The van der Waals surface area contributed by atoms with E-state index in [2.05, 4.69) is 12.1 Å². The fourth-order valence-electron chi connectivity index (χ4n) is 3.56. The minimum absolute atomic E-state index is 0.122. The van der Waals surface area contributed by atoms with Crippen molar-refractivity contribution in [2.75, 3.05) is 4.90 Å². The quantitative estimate of drug-likeness (QED) is 0.425. The van der Waals surface area contributed by atoms with Crippen LogP contribution in [0, 0.1) is 0 Å². The molecule has 138 valence electrons. The van der Waals surface area contributed by atoms with Gasteiger partial charge in [0, 0.05) is 5.56 Å². The van der Waals surface area contributed by atoms with Gasteiger partial charge in [0.15, 0.2) is 0 Å². The summed E-state index contributed by atoms with van der Waals surface area (Å²) in [6.45, 7) is 0. The Kier molecular flexibility index (Phi) is 4.26. The fourth-order valence-corrected chi connectivity index (χ4v) is 3.56. The Morgan fingerprint density at radius 1 is 0.690 bits per heavy atom. The van der Waals surface area contributed by atoms with Crippen molar-refractivity contribution in [3.8, 4) is 0 Å². The van der Waals surface area contributed by atoms with Crippen LogP contribution in [-0.2, 0) is 4.79 Å². The van der Waals surface area contributed by atoms with Gasteiger partial charge in [-0.3, -0.25) is 9.69 Å². The number of nitrogens with zero attached hydrogens (tertiary/aromatic N) is 2. The Balaban J connectivity index is 1.65. The van der Waals surface area contributed by atoms with E-state index >= 15 is 0 Å². The molecule has 4 aromatic rings. The first kappa shape index (κ1) is 17.1. The monoisotopic (exact) mass is 374 g/mol. The highest BCUT2D eigenvalue weighted by atomic mass is 16.2. The van der Waals surface area contributed by atoms with Crippen LogP contribution in [0.4, 0.5) is 5.69 Å². The number of amidine groups is 1. The molecule has 1 aliphatic rings. The number of benzene rings is 4. The summed E-state index contributed by atoms with van der Waals surface area (Å²) in [6.07, 6.45) is 1.84. The number of amides is 1. The Bertz CT molecular complexity index is 1260. The Morgan fingerprint density at radius 3 is 2.10 bits per heavy atom. The van der Waals surface area contributed by atoms with Crippen LogP contribution in [0.2, 0.25) is 0 Å². The van der Waals surface area contributed by atoms with Gasteiger partial charge < -0.3 is 0 Å². The molecule has 0 radical (unpaired) electrons. The van der Waals surface area contributed by atoms with Gasteiger partial charge in [0.05, 0.1) is 5.69 Å². The van der Waals surface area contributed by atoms with Crippen molar-refractivity contribution in [1.82, 2.24) is 0 Å². The summed E-state index contributed by atoms with van der Waals surface area (Å²) in [5.41, 5.74) is 3.11. The summed E-state index contributed by atoms with van der Waals surface area (Å²) in [7, 11) is 0. The molecule has 1 aliphatic heterocycles. The molecule has 3 nitrogen and oxygen atoms in total. The van der Waals surface area contributed by atoms with Gasteiger partial charge in [0.1, 0.15) is 11.5 Å². The van der Waals surface area contributed by atoms with E-state index in [-0.39, 0.29) is 5.91 Å². The lowest BCUT2D eigenvalue weighted by Crippen LogP contribution is -2.32. The zero-order chi connectivity index (χ0) is 19.6. The van der Waals surface area contributed by atoms with E-state index in [4.69, 9.17) is 4.99 Å². The van der Waals surface area contributed by atoms with Gasteiger partial charge in [0.25, 0.3) is 5.91 Å². The summed E-state index contributed by atoms with van der Waals surface area (Å²) in [4.78, 5) is 19.8. The van der Waals surface area contributed by atoms with Crippen molar-refractivity contribution in [2.24, 2.45) is 4.99 Å². The van der Waals surface area contributed by atoms with Gasteiger partial charge in [-0.2, -0.15) is 0 Å². The van der Waals surface area contributed by atoms with Gasteiger partial charge in [-0.25, -0.2) is 4.99 Å². The topological polar surface area (TPSA) is 32.7 Å². The average molecular weight is 374 g/mol. The summed E-state index contributed by atoms with van der Waals surface area (Å²) in [6, 6.07) is 33.8. The maximum Gasteiger partial charge on any atom is 0.282 e. The number of hydrogen-bond donors (Lipinski definition) is 0. The van der Waals surface area contributed by atoms with Gasteiger partial charge in [-0.05, 0) is 34.5 Å². The van der Waals surface area contributed by atoms with E-state index in [1.165, 1.54) is 0 Å². The van der Waals surface area contributed by atoms with Crippen molar-refractivity contribution in [3.63, 3.8) is 0 Å².